The van der Waals surface area contributed by atoms with Crippen LogP contribution in [0.15, 0.2) is 6.33 Å². The fourth-order valence-electron chi connectivity index (χ4n) is 2.57. The molecule has 120 valence electrons. The van der Waals surface area contributed by atoms with Gasteiger partial charge in [-0.15, -0.1) is 0 Å². The van der Waals surface area contributed by atoms with E-state index in [4.69, 9.17) is 14.4 Å². The Morgan fingerprint density at radius 1 is 1.50 bits per heavy atom. The van der Waals surface area contributed by atoms with Crippen LogP contribution in [0.1, 0.15) is 18.3 Å². The molecule has 9 nitrogen and oxygen atoms in total. The third-order valence-electron chi connectivity index (χ3n) is 3.58. The predicted octanol–water partition coefficient (Wildman–Crippen LogP) is 1.09. The van der Waals surface area contributed by atoms with Crippen molar-refractivity contribution in [2.75, 3.05) is 13.7 Å². The van der Waals surface area contributed by atoms with Crippen molar-refractivity contribution in [1.82, 2.24) is 19.7 Å². The summed E-state index contributed by atoms with van der Waals surface area (Å²) in [5.74, 6) is 0.463. The minimum absolute atomic E-state index is 0.136. The van der Waals surface area contributed by atoms with Gasteiger partial charge in [0.1, 0.15) is 24.4 Å². The number of fused-ring (bicyclic) bond motifs is 1. The molecular formula is C12H15IN4O5. The summed E-state index contributed by atoms with van der Waals surface area (Å²) in [6, 6.07) is 0. The second-order valence-electron chi connectivity index (χ2n) is 4.89. The molecule has 3 heterocycles. The van der Waals surface area contributed by atoms with E-state index in [0.29, 0.717) is 17.9 Å². The van der Waals surface area contributed by atoms with Crippen LogP contribution in [0.2, 0.25) is 0 Å². The molecule has 0 aliphatic carbocycles. The van der Waals surface area contributed by atoms with Crippen LogP contribution < -0.4 is 4.74 Å². The molecule has 2 aromatic rings. The van der Waals surface area contributed by atoms with E-state index in [-0.39, 0.29) is 6.61 Å². The third-order valence-corrected chi connectivity index (χ3v) is 3.83. The Labute approximate surface area is 140 Å². The number of hydrogen-bond donors (Lipinski definition) is 1. The predicted molar refractivity (Wildman–Crippen MR) is 82.2 cm³/mol. The Hall–Kier alpha value is -1.08. The van der Waals surface area contributed by atoms with Crippen molar-refractivity contribution in [3.63, 3.8) is 0 Å². The van der Waals surface area contributed by atoms with Crippen molar-refractivity contribution >= 4 is 34.0 Å². The van der Waals surface area contributed by atoms with Gasteiger partial charge in [0.25, 0.3) is 0 Å². The molecule has 0 spiro atoms. The number of aryl methyl sites for hydroxylation is 1. The zero-order chi connectivity index (χ0) is 15.7. The number of nitrogens with zero attached hydrogens (tertiary/aromatic N) is 4. The Kier molecular flexibility index (Phi) is 4.73. The fraction of sp³-hybridized carbons (Fsp3) is 0.583. The summed E-state index contributed by atoms with van der Waals surface area (Å²) in [6.07, 6.45) is 0.212. The molecule has 0 amide bonds. The first-order chi connectivity index (χ1) is 10.7. The van der Waals surface area contributed by atoms with Gasteiger partial charge >= 0.3 is 0 Å². The molecule has 0 radical (unpaired) electrons. The van der Waals surface area contributed by atoms with Gasteiger partial charge in [0.2, 0.25) is 5.88 Å². The highest BCUT2D eigenvalue weighted by Gasteiger charge is 2.37. The lowest BCUT2D eigenvalue weighted by Crippen LogP contribution is -2.26. The monoisotopic (exact) mass is 422 g/mol. The molecule has 1 N–H and O–H groups in total. The van der Waals surface area contributed by atoms with Gasteiger partial charge in [0.05, 0.1) is 18.9 Å². The number of aromatic nitrogens is 4. The van der Waals surface area contributed by atoms with Crippen LogP contribution in [-0.2, 0) is 12.8 Å². The normalized spacial score (nSPS) is 25.0. The van der Waals surface area contributed by atoms with Gasteiger partial charge in [-0.3, -0.25) is 0 Å². The molecule has 1 fully saturated rings. The zero-order valence-corrected chi connectivity index (χ0v) is 14.1. The molecule has 0 saturated carbocycles. The minimum Gasteiger partial charge on any atom is -0.480 e. The summed E-state index contributed by atoms with van der Waals surface area (Å²) in [5, 5.41) is 15.3. The number of aliphatic hydroxyl groups is 1. The average molecular weight is 422 g/mol. The zero-order valence-electron chi connectivity index (χ0n) is 12.0. The van der Waals surface area contributed by atoms with Crippen molar-refractivity contribution in [1.29, 1.82) is 0 Å². The number of rotatable bonds is 5. The van der Waals surface area contributed by atoms with Crippen LogP contribution in [-0.4, -0.2) is 50.8 Å². The quantitative estimate of drug-likeness (QED) is 0.434. The largest absolute Gasteiger partial charge is 0.480 e. The molecule has 22 heavy (non-hydrogen) atoms. The number of methoxy groups -OCH3 is 1. The van der Waals surface area contributed by atoms with Crippen molar-refractivity contribution < 1.29 is 22.7 Å². The van der Waals surface area contributed by atoms with E-state index in [2.05, 4.69) is 18.3 Å². The van der Waals surface area contributed by atoms with Gasteiger partial charge in [0, 0.05) is 6.42 Å². The molecule has 0 aromatic carbocycles. The van der Waals surface area contributed by atoms with Gasteiger partial charge in [-0.05, 0) is 6.92 Å². The summed E-state index contributed by atoms with van der Waals surface area (Å²) in [7, 11) is 1.55. The number of halogens is 1. The second-order valence-corrected chi connectivity index (χ2v) is 5.25. The highest BCUT2D eigenvalue weighted by atomic mass is 127. The van der Waals surface area contributed by atoms with E-state index in [1.807, 2.05) is 6.92 Å². The molecule has 2 aromatic heterocycles. The molecule has 0 bridgehead atoms. The Balaban J connectivity index is 1.91. The lowest BCUT2D eigenvalue weighted by molar-refractivity contribution is -0.201. The van der Waals surface area contributed by atoms with Gasteiger partial charge in [-0.25, -0.2) is 19.5 Å². The van der Waals surface area contributed by atoms with Crippen molar-refractivity contribution in [3.05, 3.63) is 12.0 Å². The average Bonchev–Trinajstić information content (AvgIpc) is 3.06. The number of ether oxygens (including phenoxy) is 2. The van der Waals surface area contributed by atoms with Crippen LogP contribution >= 0.6 is 23.0 Å². The van der Waals surface area contributed by atoms with Gasteiger partial charge < -0.3 is 14.6 Å². The van der Waals surface area contributed by atoms with E-state index in [9.17, 15) is 5.11 Å². The molecule has 3 rings (SSSR count). The standard InChI is InChI=1S/C12H15IN4O5/c1-6-10-11(14-5-15-12(10)19-2)17(16-6)9-3-7(18)8(21-9)4-20-22-13/h5,7-9,18H,3-4H2,1-2H3. The summed E-state index contributed by atoms with van der Waals surface area (Å²) in [6.45, 7) is 1.98. The summed E-state index contributed by atoms with van der Waals surface area (Å²) >= 11 is 1.61. The van der Waals surface area contributed by atoms with E-state index < -0.39 is 18.4 Å². The van der Waals surface area contributed by atoms with E-state index in [1.165, 1.54) is 6.33 Å². The number of aliphatic hydroxyl groups excluding tert-OH is 1. The summed E-state index contributed by atoms with van der Waals surface area (Å²) in [5.41, 5.74) is 1.34. The van der Waals surface area contributed by atoms with Gasteiger partial charge in [-0.2, -0.15) is 8.32 Å². The van der Waals surface area contributed by atoms with Crippen molar-refractivity contribution in [2.45, 2.75) is 31.8 Å². The van der Waals surface area contributed by atoms with Crippen molar-refractivity contribution in [2.24, 2.45) is 0 Å². The second kappa shape index (κ2) is 6.58. The lowest BCUT2D eigenvalue weighted by Gasteiger charge is -2.14. The Morgan fingerprint density at radius 3 is 3.05 bits per heavy atom. The maximum atomic E-state index is 10.1. The first-order valence-electron chi connectivity index (χ1n) is 6.63. The summed E-state index contributed by atoms with van der Waals surface area (Å²) < 4.78 is 17.2. The molecule has 1 saturated heterocycles. The fourth-order valence-corrected chi connectivity index (χ4v) is 2.72. The molecule has 3 unspecified atom stereocenters. The molecule has 1 aliphatic heterocycles. The third kappa shape index (κ3) is 2.76. The number of hydrogen-bond acceptors (Lipinski definition) is 8. The maximum Gasteiger partial charge on any atom is 0.227 e. The van der Waals surface area contributed by atoms with Crippen molar-refractivity contribution in [3.8, 4) is 5.88 Å². The highest BCUT2D eigenvalue weighted by Crippen LogP contribution is 2.33. The van der Waals surface area contributed by atoms with Crippen LogP contribution in [0.3, 0.4) is 0 Å². The smallest absolute Gasteiger partial charge is 0.227 e. The van der Waals surface area contributed by atoms with Crippen LogP contribution in [0.5, 0.6) is 5.88 Å². The van der Waals surface area contributed by atoms with Gasteiger partial charge in [-0.1, -0.05) is 0 Å². The first kappa shape index (κ1) is 15.8. The molecular weight excluding hydrogens is 407 g/mol. The Bertz CT molecular complexity index is 666. The minimum atomic E-state index is -0.667. The van der Waals surface area contributed by atoms with E-state index >= 15 is 0 Å². The maximum absolute atomic E-state index is 10.1. The first-order valence-corrected chi connectivity index (χ1v) is 7.51. The van der Waals surface area contributed by atoms with Crippen LogP contribution in [0, 0.1) is 6.92 Å². The van der Waals surface area contributed by atoms with E-state index in [0.717, 1.165) is 11.1 Å². The topological polar surface area (TPSA) is 101 Å². The van der Waals surface area contributed by atoms with Gasteiger partial charge in [0.15, 0.2) is 34.9 Å². The Morgan fingerprint density at radius 2 is 2.32 bits per heavy atom. The van der Waals surface area contributed by atoms with Crippen LogP contribution in [0.25, 0.3) is 11.0 Å². The molecule has 3 atom stereocenters. The molecule has 10 heteroatoms. The highest BCUT2D eigenvalue weighted by molar-refractivity contribution is 14.1. The van der Waals surface area contributed by atoms with E-state index in [1.54, 1.807) is 34.8 Å². The van der Waals surface area contributed by atoms with Crippen LogP contribution in [0.4, 0.5) is 0 Å². The lowest BCUT2D eigenvalue weighted by atomic mass is 10.2. The summed E-state index contributed by atoms with van der Waals surface area (Å²) in [4.78, 5) is 13.2. The SMILES string of the molecule is COc1ncnc2c1c(C)nn2C1CC(O)C(COOI)O1. The molecule has 1 aliphatic rings.